The lowest BCUT2D eigenvalue weighted by molar-refractivity contribution is 0.266. The first-order chi connectivity index (χ1) is 8.52. The van der Waals surface area contributed by atoms with E-state index in [-0.39, 0.29) is 0 Å². The van der Waals surface area contributed by atoms with Crippen LogP contribution in [-0.2, 0) is 0 Å². The molecule has 0 N–H and O–H groups in total. The lowest BCUT2D eigenvalue weighted by Gasteiger charge is -2.23. The maximum Gasteiger partial charge on any atom is 0.100 e. The van der Waals surface area contributed by atoms with E-state index in [2.05, 4.69) is 52.8 Å². The summed E-state index contributed by atoms with van der Waals surface area (Å²) in [7, 11) is 4.28. The van der Waals surface area contributed by atoms with Gasteiger partial charge in [0.1, 0.15) is 6.07 Å². The third-order valence-corrected chi connectivity index (χ3v) is 4.33. The highest BCUT2D eigenvalue weighted by atomic mass is 79.9. The van der Waals surface area contributed by atoms with E-state index in [1.54, 1.807) is 0 Å². The molecule has 1 heterocycles. The predicted octanol–water partition coefficient (Wildman–Crippen LogP) is 2.71. The Morgan fingerprint density at radius 3 is 2.61 bits per heavy atom. The van der Waals surface area contributed by atoms with Gasteiger partial charge in [-0.05, 0) is 54.1 Å². The van der Waals surface area contributed by atoms with Crippen molar-refractivity contribution in [2.24, 2.45) is 5.92 Å². The molecule has 18 heavy (non-hydrogen) atoms. The molecule has 1 fully saturated rings. The molecular weight excluding hydrogens is 290 g/mol. The Labute approximate surface area is 117 Å². The van der Waals surface area contributed by atoms with Crippen LogP contribution < -0.4 is 4.90 Å². The van der Waals surface area contributed by atoms with E-state index >= 15 is 0 Å². The Balaban J connectivity index is 2.19. The van der Waals surface area contributed by atoms with Crippen molar-refractivity contribution in [3.63, 3.8) is 0 Å². The van der Waals surface area contributed by atoms with Crippen molar-refractivity contribution in [2.45, 2.75) is 13.0 Å². The van der Waals surface area contributed by atoms with Crippen LogP contribution in [0, 0.1) is 17.2 Å². The van der Waals surface area contributed by atoms with Gasteiger partial charge in [-0.15, -0.1) is 0 Å². The van der Waals surface area contributed by atoms with Crippen molar-refractivity contribution in [1.29, 1.82) is 5.26 Å². The molecule has 1 aromatic carbocycles. The summed E-state index contributed by atoms with van der Waals surface area (Å²) in [6, 6.07) is 8.73. The van der Waals surface area contributed by atoms with E-state index in [1.165, 1.54) is 5.69 Å². The second-order valence-corrected chi connectivity index (χ2v) is 6.04. The van der Waals surface area contributed by atoms with Gasteiger partial charge in [-0.2, -0.15) is 5.26 Å². The summed E-state index contributed by atoms with van der Waals surface area (Å²) in [6.07, 6.45) is 0. The molecule has 0 saturated carbocycles. The average Bonchev–Trinajstić information content (AvgIpc) is 2.71. The number of nitrogens with zero attached hydrogens (tertiary/aromatic N) is 3. The monoisotopic (exact) mass is 307 g/mol. The Bertz CT molecular complexity index is 478. The van der Waals surface area contributed by atoms with Crippen LogP contribution in [0.2, 0.25) is 0 Å². The van der Waals surface area contributed by atoms with Crippen LogP contribution in [0.5, 0.6) is 0 Å². The standard InChI is InChI=1S/C14H18BrN3/c1-10-8-18(9-14(10)17(2)3)12-5-4-11(7-16)13(15)6-12/h4-6,10,14H,8-9H2,1-3H3. The lowest BCUT2D eigenvalue weighted by Crippen LogP contribution is -2.34. The average molecular weight is 308 g/mol. The summed E-state index contributed by atoms with van der Waals surface area (Å²) in [5, 5.41) is 8.93. The van der Waals surface area contributed by atoms with Gasteiger partial charge in [0.25, 0.3) is 0 Å². The van der Waals surface area contributed by atoms with Crippen molar-refractivity contribution < 1.29 is 0 Å². The summed E-state index contributed by atoms with van der Waals surface area (Å²) in [5.74, 6) is 0.661. The first-order valence-electron chi connectivity index (χ1n) is 6.14. The summed E-state index contributed by atoms with van der Waals surface area (Å²) >= 11 is 3.45. The maximum atomic E-state index is 8.93. The van der Waals surface area contributed by atoms with Crippen LogP contribution in [0.25, 0.3) is 0 Å². The SMILES string of the molecule is CC1CN(c2ccc(C#N)c(Br)c2)CC1N(C)C. The fourth-order valence-corrected chi connectivity index (χ4v) is 3.08. The van der Waals surface area contributed by atoms with Crippen molar-refractivity contribution in [3.8, 4) is 6.07 Å². The normalized spacial score (nSPS) is 23.4. The van der Waals surface area contributed by atoms with Gasteiger partial charge in [-0.25, -0.2) is 0 Å². The molecule has 4 heteroatoms. The molecule has 1 aliphatic heterocycles. The summed E-state index contributed by atoms with van der Waals surface area (Å²) in [4.78, 5) is 4.69. The van der Waals surface area contributed by atoms with E-state index in [9.17, 15) is 0 Å². The minimum absolute atomic E-state index is 0.597. The molecule has 0 aromatic heterocycles. The number of hydrogen-bond donors (Lipinski definition) is 0. The van der Waals surface area contributed by atoms with Crippen molar-refractivity contribution >= 4 is 21.6 Å². The number of rotatable bonds is 2. The number of halogens is 1. The first-order valence-corrected chi connectivity index (χ1v) is 6.93. The Morgan fingerprint density at radius 1 is 1.39 bits per heavy atom. The number of anilines is 1. The Kier molecular flexibility index (Phi) is 3.94. The van der Waals surface area contributed by atoms with Crippen LogP contribution >= 0.6 is 15.9 Å². The van der Waals surface area contributed by atoms with Crippen LogP contribution in [0.3, 0.4) is 0 Å². The number of likely N-dealkylation sites (N-methyl/N-ethyl adjacent to an activating group) is 1. The summed E-state index contributed by atoms with van der Waals surface area (Å²) in [6.45, 7) is 4.41. The molecule has 1 aliphatic rings. The molecule has 1 saturated heterocycles. The summed E-state index contributed by atoms with van der Waals surface area (Å²) < 4.78 is 0.878. The third-order valence-electron chi connectivity index (χ3n) is 3.67. The van der Waals surface area contributed by atoms with Gasteiger partial charge in [-0.1, -0.05) is 6.92 Å². The van der Waals surface area contributed by atoms with Gasteiger partial charge in [0.2, 0.25) is 0 Å². The second kappa shape index (κ2) is 5.29. The zero-order valence-corrected chi connectivity index (χ0v) is 12.6. The second-order valence-electron chi connectivity index (χ2n) is 5.19. The van der Waals surface area contributed by atoms with E-state index in [0.717, 1.165) is 17.6 Å². The van der Waals surface area contributed by atoms with Gasteiger partial charge in [0, 0.05) is 29.3 Å². The molecular formula is C14H18BrN3. The van der Waals surface area contributed by atoms with E-state index in [0.29, 0.717) is 17.5 Å². The third kappa shape index (κ3) is 2.52. The van der Waals surface area contributed by atoms with Crippen molar-refractivity contribution in [1.82, 2.24) is 4.90 Å². The van der Waals surface area contributed by atoms with E-state index < -0.39 is 0 Å². The van der Waals surface area contributed by atoms with Gasteiger partial charge < -0.3 is 9.80 Å². The highest BCUT2D eigenvalue weighted by Gasteiger charge is 2.31. The highest BCUT2D eigenvalue weighted by Crippen LogP contribution is 2.29. The number of nitriles is 1. The van der Waals surface area contributed by atoms with Crippen LogP contribution in [-0.4, -0.2) is 38.1 Å². The zero-order valence-electron chi connectivity index (χ0n) is 11.0. The Morgan fingerprint density at radius 2 is 2.11 bits per heavy atom. The topological polar surface area (TPSA) is 30.3 Å². The van der Waals surface area contributed by atoms with Crippen LogP contribution in [0.15, 0.2) is 22.7 Å². The lowest BCUT2D eigenvalue weighted by atomic mass is 10.1. The molecule has 96 valence electrons. The van der Waals surface area contributed by atoms with Gasteiger partial charge in [-0.3, -0.25) is 0 Å². The van der Waals surface area contributed by atoms with Crippen LogP contribution in [0.1, 0.15) is 12.5 Å². The minimum Gasteiger partial charge on any atom is -0.370 e. The molecule has 0 aliphatic carbocycles. The smallest absolute Gasteiger partial charge is 0.100 e. The van der Waals surface area contributed by atoms with Crippen LogP contribution in [0.4, 0.5) is 5.69 Å². The van der Waals surface area contributed by atoms with Crippen molar-refractivity contribution in [2.75, 3.05) is 32.1 Å². The van der Waals surface area contributed by atoms with Gasteiger partial charge in [0.15, 0.2) is 0 Å². The number of benzene rings is 1. The van der Waals surface area contributed by atoms with E-state index in [4.69, 9.17) is 5.26 Å². The first kappa shape index (κ1) is 13.4. The highest BCUT2D eigenvalue weighted by molar-refractivity contribution is 9.10. The molecule has 2 unspecified atom stereocenters. The zero-order chi connectivity index (χ0) is 13.3. The molecule has 3 nitrogen and oxygen atoms in total. The molecule has 1 aromatic rings. The number of hydrogen-bond acceptors (Lipinski definition) is 3. The maximum absolute atomic E-state index is 8.93. The fourth-order valence-electron chi connectivity index (χ4n) is 2.62. The quantitative estimate of drug-likeness (QED) is 0.841. The molecule has 0 bridgehead atoms. The molecule has 0 radical (unpaired) electrons. The predicted molar refractivity (Wildman–Crippen MR) is 77.7 cm³/mol. The van der Waals surface area contributed by atoms with Crippen molar-refractivity contribution in [3.05, 3.63) is 28.2 Å². The molecule has 0 amide bonds. The fraction of sp³-hybridized carbons (Fsp3) is 0.500. The Hall–Kier alpha value is -1.05. The largest absolute Gasteiger partial charge is 0.370 e. The molecule has 2 rings (SSSR count). The minimum atomic E-state index is 0.597. The molecule has 2 atom stereocenters. The summed E-state index contributed by atoms with van der Waals surface area (Å²) in [5.41, 5.74) is 1.88. The van der Waals surface area contributed by atoms with E-state index in [1.807, 2.05) is 18.2 Å². The molecule has 0 spiro atoms. The van der Waals surface area contributed by atoms with Gasteiger partial charge in [0.05, 0.1) is 5.56 Å². The van der Waals surface area contributed by atoms with Gasteiger partial charge >= 0.3 is 0 Å².